The fraction of sp³-hybridized carbons (Fsp3) is 0.632. The highest BCUT2D eigenvalue weighted by Gasteiger charge is 2.30. The standard InChI is InChI=1S/C19H29NO7/c1-14(2)16(21)25-10-6-19(5,27-17(22)15(3)4)7-11-26-18(23)20-8-12-24-13-9-20/h1,3,6-13H2,2,4-5H3. The minimum atomic E-state index is -0.976. The predicted octanol–water partition coefficient (Wildman–Crippen LogP) is 2.23. The molecule has 0 aromatic heterocycles. The molecule has 1 aliphatic rings. The summed E-state index contributed by atoms with van der Waals surface area (Å²) >= 11 is 0. The van der Waals surface area contributed by atoms with E-state index in [1.807, 2.05) is 0 Å². The van der Waals surface area contributed by atoms with E-state index < -0.39 is 23.6 Å². The first kappa shape index (κ1) is 22.7. The minimum Gasteiger partial charge on any atom is -0.462 e. The lowest BCUT2D eigenvalue weighted by atomic mass is 9.98. The van der Waals surface area contributed by atoms with Gasteiger partial charge in [-0.1, -0.05) is 13.2 Å². The predicted molar refractivity (Wildman–Crippen MR) is 98.1 cm³/mol. The molecule has 0 aliphatic carbocycles. The summed E-state index contributed by atoms with van der Waals surface area (Å²) in [4.78, 5) is 37.0. The first-order valence-electron chi connectivity index (χ1n) is 8.85. The molecule has 0 bridgehead atoms. The third-order valence-electron chi connectivity index (χ3n) is 4.03. The largest absolute Gasteiger partial charge is 0.462 e. The summed E-state index contributed by atoms with van der Waals surface area (Å²) in [5.41, 5.74) is -0.433. The van der Waals surface area contributed by atoms with Gasteiger partial charge in [0.1, 0.15) is 5.60 Å². The number of hydrogen-bond donors (Lipinski definition) is 0. The molecule has 0 aromatic rings. The second-order valence-electron chi connectivity index (χ2n) is 6.75. The number of carbonyl (C=O) groups is 3. The highest BCUT2D eigenvalue weighted by molar-refractivity contribution is 5.87. The smallest absolute Gasteiger partial charge is 0.409 e. The topological polar surface area (TPSA) is 91.4 Å². The molecule has 1 saturated heterocycles. The molecular formula is C19H29NO7. The lowest BCUT2D eigenvalue weighted by Gasteiger charge is -2.30. The molecule has 0 aromatic carbocycles. The van der Waals surface area contributed by atoms with Gasteiger partial charge in [0, 0.05) is 37.1 Å². The van der Waals surface area contributed by atoms with Crippen LogP contribution >= 0.6 is 0 Å². The maximum Gasteiger partial charge on any atom is 0.409 e. The Labute approximate surface area is 160 Å². The van der Waals surface area contributed by atoms with Crippen LogP contribution in [0.4, 0.5) is 4.79 Å². The van der Waals surface area contributed by atoms with Gasteiger partial charge in [-0.05, 0) is 20.8 Å². The van der Waals surface area contributed by atoms with Gasteiger partial charge in [-0.25, -0.2) is 14.4 Å². The number of ether oxygens (including phenoxy) is 4. The highest BCUT2D eigenvalue weighted by Crippen LogP contribution is 2.22. The number of esters is 2. The second-order valence-corrected chi connectivity index (χ2v) is 6.75. The van der Waals surface area contributed by atoms with Crippen molar-refractivity contribution in [1.82, 2.24) is 4.90 Å². The van der Waals surface area contributed by atoms with Gasteiger partial charge in [0.05, 0.1) is 26.4 Å². The molecule has 0 radical (unpaired) electrons. The maximum atomic E-state index is 12.0. The van der Waals surface area contributed by atoms with Gasteiger partial charge in [-0.3, -0.25) is 0 Å². The molecule has 1 fully saturated rings. The van der Waals surface area contributed by atoms with Gasteiger partial charge < -0.3 is 23.8 Å². The molecule has 1 aliphatic heterocycles. The number of hydrogen-bond acceptors (Lipinski definition) is 7. The maximum absolute atomic E-state index is 12.0. The summed E-state index contributed by atoms with van der Waals surface area (Å²) in [5.74, 6) is -1.06. The number of nitrogens with zero attached hydrogens (tertiary/aromatic N) is 1. The van der Waals surface area contributed by atoms with E-state index >= 15 is 0 Å². The van der Waals surface area contributed by atoms with Crippen LogP contribution in [-0.4, -0.2) is 68.0 Å². The van der Waals surface area contributed by atoms with Crippen molar-refractivity contribution < 1.29 is 33.3 Å². The van der Waals surface area contributed by atoms with Crippen molar-refractivity contribution in [1.29, 1.82) is 0 Å². The zero-order valence-corrected chi connectivity index (χ0v) is 16.4. The summed E-state index contributed by atoms with van der Waals surface area (Å²) in [6.45, 7) is 13.9. The van der Waals surface area contributed by atoms with Crippen molar-refractivity contribution in [2.24, 2.45) is 0 Å². The van der Waals surface area contributed by atoms with E-state index in [0.717, 1.165) is 0 Å². The third kappa shape index (κ3) is 8.25. The van der Waals surface area contributed by atoms with Crippen molar-refractivity contribution in [2.75, 3.05) is 39.5 Å². The lowest BCUT2D eigenvalue weighted by molar-refractivity contribution is -0.157. The van der Waals surface area contributed by atoms with Crippen LogP contribution in [0.25, 0.3) is 0 Å². The number of morpholine rings is 1. The van der Waals surface area contributed by atoms with Crippen LogP contribution in [0.1, 0.15) is 33.6 Å². The molecule has 1 rings (SSSR count). The Bertz CT molecular complexity index is 581. The van der Waals surface area contributed by atoms with Crippen molar-refractivity contribution in [3.63, 3.8) is 0 Å². The molecule has 1 amide bonds. The van der Waals surface area contributed by atoms with Crippen LogP contribution < -0.4 is 0 Å². The molecule has 1 heterocycles. The molecule has 0 spiro atoms. The van der Waals surface area contributed by atoms with E-state index in [0.29, 0.717) is 26.3 Å². The fourth-order valence-electron chi connectivity index (χ4n) is 2.21. The minimum absolute atomic E-state index is 0.0447. The van der Waals surface area contributed by atoms with Crippen LogP contribution in [0.5, 0.6) is 0 Å². The molecule has 0 saturated carbocycles. The Balaban J connectivity index is 2.57. The van der Waals surface area contributed by atoms with Gasteiger partial charge in [-0.15, -0.1) is 0 Å². The summed E-state index contributed by atoms with van der Waals surface area (Å²) < 4.78 is 21.0. The average molecular weight is 383 g/mol. The summed E-state index contributed by atoms with van der Waals surface area (Å²) in [5, 5.41) is 0. The highest BCUT2D eigenvalue weighted by atomic mass is 16.6. The Morgan fingerprint density at radius 1 is 0.963 bits per heavy atom. The zero-order chi connectivity index (χ0) is 20.4. The van der Waals surface area contributed by atoms with E-state index in [1.165, 1.54) is 0 Å². The molecule has 1 atom stereocenters. The molecule has 1 unspecified atom stereocenters. The van der Waals surface area contributed by atoms with E-state index in [-0.39, 0.29) is 37.2 Å². The van der Waals surface area contributed by atoms with Gasteiger partial charge in [0.25, 0.3) is 0 Å². The van der Waals surface area contributed by atoms with Gasteiger partial charge in [0.15, 0.2) is 0 Å². The van der Waals surface area contributed by atoms with E-state index in [4.69, 9.17) is 18.9 Å². The SMILES string of the molecule is C=C(C)C(=O)OCCC(C)(CCOC(=O)N1CCOCC1)OC(=O)C(=C)C. The first-order valence-corrected chi connectivity index (χ1v) is 8.85. The van der Waals surface area contributed by atoms with E-state index in [2.05, 4.69) is 13.2 Å². The monoisotopic (exact) mass is 383 g/mol. The lowest BCUT2D eigenvalue weighted by Crippen LogP contribution is -2.42. The summed E-state index contributed by atoms with van der Waals surface area (Å²) in [6, 6.07) is 0. The van der Waals surface area contributed by atoms with Gasteiger partial charge in [-0.2, -0.15) is 0 Å². The zero-order valence-electron chi connectivity index (χ0n) is 16.4. The quantitative estimate of drug-likeness (QED) is 0.342. The van der Waals surface area contributed by atoms with Crippen LogP contribution in [0.2, 0.25) is 0 Å². The van der Waals surface area contributed by atoms with Crippen molar-refractivity contribution >= 4 is 18.0 Å². The molecular weight excluding hydrogens is 354 g/mol. The number of amides is 1. The molecule has 152 valence electrons. The second kappa shape index (κ2) is 10.7. The Morgan fingerprint density at radius 3 is 2.00 bits per heavy atom. The van der Waals surface area contributed by atoms with Gasteiger partial charge in [0.2, 0.25) is 0 Å². The van der Waals surface area contributed by atoms with Crippen LogP contribution in [0.15, 0.2) is 24.3 Å². The first-order chi connectivity index (χ1) is 12.6. The van der Waals surface area contributed by atoms with Crippen LogP contribution in [-0.2, 0) is 28.5 Å². The number of rotatable bonds is 9. The Morgan fingerprint density at radius 2 is 1.48 bits per heavy atom. The molecule has 8 nitrogen and oxygen atoms in total. The molecule has 8 heteroatoms. The average Bonchev–Trinajstić information content (AvgIpc) is 2.61. The van der Waals surface area contributed by atoms with E-state index in [1.54, 1.807) is 25.7 Å². The normalized spacial score (nSPS) is 16.0. The number of carbonyl (C=O) groups excluding carboxylic acids is 3. The van der Waals surface area contributed by atoms with Crippen molar-refractivity contribution in [2.45, 2.75) is 39.2 Å². The van der Waals surface area contributed by atoms with E-state index in [9.17, 15) is 14.4 Å². The van der Waals surface area contributed by atoms with Crippen LogP contribution in [0, 0.1) is 0 Å². The Kier molecular flexibility index (Phi) is 9.00. The van der Waals surface area contributed by atoms with Crippen molar-refractivity contribution in [3.05, 3.63) is 24.3 Å². The summed E-state index contributed by atoms with van der Waals surface area (Å²) in [6.07, 6.45) is 0.0768. The fourth-order valence-corrected chi connectivity index (χ4v) is 2.21. The van der Waals surface area contributed by atoms with Gasteiger partial charge >= 0.3 is 18.0 Å². The summed E-state index contributed by atoms with van der Waals surface area (Å²) in [7, 11) is 0. The van der Waals surface area contributed by atoms with Crippen LogP contribution in [0.3, 0.4) is 0 Å². The molecule has 0 N–H and O–H groups in total. The molecule has 27 heavy (non-hydrogen) atoms. The Hall–Kier alpha value is -2.35. The van der Waals surface area contributed by atoms with Crippen molar-refractivity contribution in [3.8, 4) is 0 Å². The third-order valence-corrected chi connectivity index (χ3v) is 4.03.